The lowest BCUT2D eigenvalue weighted by atomic mass is 9.92. The minimum atomic E-state index is -0.937. The van der Waals surface area contributed by atoms with Crippen LogP contribution in [0, 0.1) is 11.6 Å². The Balaban J connectivity index is 1.67. The lowest BCUT2D eigenvalue weighted by molar-refractivity contribution is 0.0712. The molecule has 0 aliphatic heterocycles. The smallest absolute Gasteiger partial charge is 0.270 e. The first-order valence-corrected chi connectivity index (χ1v) is 10.3. The van der Waals surface area contributed by atoms with E-state index in [1.54, 1.807) is 24.4 Å². The fraction of sp³-hybridized carbons (Fsp3) is 0.333. The summed E-state index contributed by atoms with van der Waals surface area (Å²) in [5.41, 5.74) is 1.79. The number of aliphatic hydroxyl groups excluding tert-OH is 1. The number of carbonyl (C=O) groups excluding carboxylic acids is 1. The molecule has 0 radical (unpaired) electrons. The summed E-state index contributed by atoms with van der Waals surface area (Å²) >= 11 is 2.98. The number of aromatic nitrogens is 2. The molecule has 1 aliphatic rings. The van der Waals surface area contributed by atoms with E-state index in [1.807, 2.05) is 0 Å². The average molecular weight is 464 g/mol. The Labute approximate surface area is 174 Å². The van der Waals surface area contributed by atoms with Crippen molar-refractivity contribution in [3.05, 3.63) is 69.5 Å². The lowest BCUT2D eigenvalue weighted by Crippen LogP contribution is -2.45. The summed E-state index contributed by atoms with van der Waals surface area (Å²) in [5.74, 6) is -2.20. The summed E-state index contributed by atoms with van der Waals surface area (Å²) in [5, 5.41) is 17.3. The van der Waals surface area contributed by atoms with Crippen LogP contribution in [0.2, 0.25) is 0 Å². The van der Waals surface area contributed by atoms with Gasteiger partial charge in [-0.2, -0.15) is 5.10 Å². The van der Waals surface area contributed by atoms with Gasteiger partial charge in [0.15, 0.2) is 11.6 Å². The molecule has 4 rings (SSSR count). The van der Waals surface area contributed by atoms with Gasteiger partial charge < -0.3 is 10.4 Å². The molecule has 0 saturated heterocycles. The number of rotatable bonds is 4. The van der Waals surface area contributed by atoms with E-state index in [2.05, 4.69) is 26.3 Å². The van der Waals surface area contributed by atoms with Crippen molar-refractivity contribution in [2.45, 2.75) is 44.2 Å². The molecule has 0 unspecified atom stereocenters. The number of nitrogens with one attached hydrogen (secondary N) is 1. The zero-order valence-electron chi connectivity index (χ0n) is 15.5. The molecule has 1 saturated carbocycles. The molecule has 1 amide bonds. The maximum atomic E-state index is 14.3. The SMILES string of the molecule is O=C(N[C@H]1CCCC[C@@H]1O)c1cc(Cc2ccc(Br)c(F)c2F)c2cccnn12. The minimum absolute atomic E-state index is 0.0632. The predicted octanol–water partition coefficient (Wildman–Crippen LogP) is 4.00. The number of hydrogen-bond donors (Lipinski definition) is 2. The second-order valence-electron chi connectivity index (χ2n) is 7.32. The van der Waals surface area contributed by atoms with E-state index in [0.29, 0.717) is 23.2 Å². The zero-order chi connectivity index (χ0) is 20.5. The molecule has 29 heavy (non-hydrogen) atoms. The standard InChI is InChI=1S/C21H20BrF2N3O2/c22-14-8-7-12(19(23)20(14)24)10-13-11-17(27-16(13)5-3-9-25-27)21(29)26-15-4-1-2-6-18(15)28/h3,5,7-9,11,15,18,28H,1-2,4,6,10H2,(H,26,29)/t15-,18-/m0/s1. The molecule has 0 bridgehead atoms. The number of benzene rings is 1. The van der Waals surface area contributed by atoms with Crippen LogP contribution < -0.4 is 5.32 Å². The van der Waals surface area contributed by atoms with Gasteiger partial charge in [-0.15, -0.1) is 0 Å². The summed E-state index contributed by atoms with van der Waals surface area (Å²) in [6.45, 7) is 0. The number of nitrogens with zero attached hydrogens (tertiary/aromatic N) is 2. The summed E-state index contributed by atoms with van der Waals surface area (Å²) in [7, 11) is 0. The van der Waals surface area contributed by atoms with Gasteiger partial charge in [0, 0.05) is 12.6 Å². The van der Waals surface area contributed by atoms with Gasteiger partial charge in [0.1, 0.15) is 5.69 Å². The molecule has 2 heterocycles. The maximum absolute atomic E-state index is 14.3. The van der Waals surface area contributed by atoms with Crippen LogP contribution >= 0.6 is 15.9 Å². The fourth-order valence-electron chi connectivity index (χ4n) is 3.84. The summed E-state index contributed by atoms with van der Waals surface area (Å²) in [6.07, 6.45) is 4.40. The number of aliphatic hydroxyl groups is 1. The first-order valence-electron chi connectivity index (χ1n) is 9.52. The summed E-state index contributed by atoms with van der Waals surface area (Å²) < 4.78 is 29.8. The van der Waals surface area contributed by atoms with Gasteiger partial charge in [-0.3, -0.25) is 4.79 Å². The van der Waals surface area contributed by atoms with Crippen molar-refractivity contribution < 1.29 is 18.7 Å². The van der Waals surface area contributed by atoms with Gasteiger partial charge >= 0.3 is 0 Å². The molecule has 152 valence electrons. The summed E-state index contributed by atoms with van der Waals surface area (Å²) in [6, 6.07) is 7.83. The fourth-order valence-corrected chi connectivity index (χ4v) is 4.15. The van der Waals surface area contributed by atoms with E-state index in [4.69, 9.17) is 0 Å². The third-order valence-corrected chi connectivity index (χ3v) is 6.01. The topological polar surface area (TPSA) is 66.6 Å². The molecule has 2 aromatic heterocycles. The van der Waals surface area contributed by atoms with Gasteiger partial charge in [0.2, 0.25) is 0 Å². The van der Waals surface area contributed by atoms with Crippen LogP contribution in [-0.2, 0) is 6.42 Å². The monoisotopic (exact) mass is 463 g/mol. The van der Waals surface area contributed by atoms with Crippen molar-refractivity contribution in [3.63, 3.8) is 0 Å². The van der Waals surface area contributed by atoms with Crippen molar-refractivity contribution in [2.24, 2.45) is 0 Å². The highest BCUT2D eigenvalue weighted by molar-refractivity contribution is 9.10. The quantitative estimate of drug-likeness (QED) is 0.574. The summed E-state index contributed by atoms with van der Waals surface area (Å²) in [4.78, 5) is 12.9. The Kier molecular flexibility index (Phi) is 5.65. The number of hydrogen-bond acceptors (Lipinski definition) is 3. The van der Waals surface area contributed by atoms with Crippen molar-refractivity contribution in [1.82, 2.24) is 14.9 Å². The predicted molar refractivity (Wildman–Crippen MR) is 108 cm³/mol. The van der Waals surface area contributed by atoms with E-state index in [-0.39, 0.29) is 28.4 Å². The van der Waals surface area contributed by atoms with Gasteiger partial charge in [-0.25, -0.2) is 13.3 Å². The average Bonchev–Trinajstić information content (AvgIpc) is 3.09. The Bertz CT molecular complexity index is 1070. The highest BCUT2D eigenvalue weighted by Crippen LogP contribution is 2.26. The largest absolute Gasteiger partial charge is 0.391 e. The van der Waals surface area contributed by atoms with Crippen LogP contribution in [0.5, 0.6) is 0 Å². The molecular weight excluding hydrogens is 444 g/mol. The number of amides is 1. The molecule has 2 N–H and O–H groups in total. The number of halogens is 3. The van der Waals surface area contributed by atoms with Gasteiger partial charge in [-0.1, -0.05) is 18.9 Å². The van der Waals surface area contributed by atoms with Crippen molar-refractivity contribution in [3.8, 4) is 0 Å². The van der Waals surface area contributed by atoms with Crippen LogP contribution in [0.25, 0.3) is 5.52 Å². The number of carbonyl (C=O) groups is 1. The minimum Gasteiger partial charge on any atom is -0.391 e. The highest BCUT2D eigenvalue weighted by atomic mass is 79.9. The Hall–Kier alpha value is -2.32. The third-order valence-electron chi connectivity index (χ3n) is 5.39. The molecule has 0 spiro atoms. The maximum Gasteiger partial charge on any atom is 0.270 e. The molecule has 1 fully saturated rings. The zero-order valence-corrected chi connectivity index (χ0v) is 17.1. The normalized spacial score (nSPS) is 19.4. The lowest BCUT2D eigenvalue weighted by Gasteiger charge is -2.28. The van der Waals surface area contributed by atoms with Crippen LogP contribution in [0.4, 0.5) is 8.78 Å². The molecule has 3 aromatic rings. The Morgan fingerprint density at radius 2 is 2.00 bits per heavy atom. The molecule has 1 aromatic carbocycles. The van der Waals surface area contributed by atoms with E-state index < -0.39 is 17.7 Å². The van der Waals surface area contributed by atoms with Crippen molar-refractivity contribution in [1.29, 1.82) is 0 Å². The van der Waals surface area contributed by atoms with Crippen LogP contribution in [-0.4, -0.2) is 32.8 Å². The second-order valence-corrected chi connectivity index (χ2v) is 8.17. The Morgan fingerprint density at radius 1 is 1.21 bits per heavy atom. The second kappa shape index (κ2) is 8.20. The molecule has 2 atom stereocenters. The molecular formula is C21H20BrF2N3O2. The van der Waals surface area contributed by atoms with Crippen LogP contribution in [0.15, 0.2) is 41.0 Å². The molecule has 1 aliphatic carbocycles. The first kappa shape index (κ1) is 20.0. The Morgan fingerprint density at radius 3 is 2.79 bits per heavy atom. The van der Waals surface area contributed by atoms with Crippen molar-refractivity contribution >= 4 is 27.4 Å². The molecule has 5 nitrogen and oxygen atoms in total. The van der Waals surface area contributed by atoms with E-state index in [9.17, 15) is 18.7 Å². The van der Waals surface area contributed by atoms with Gasteiger partial charge in [-0.05, 0) is 64.2 Å². The number of fused-ring (bicyclic) bond motifs is 1. The third kappa shape index (κ3) is 3.91. The van der Waals surface area contributed by atoms with E-state index in [0.717, 1.165) is 19.3 Å². The first-order chi connectivity index (χ1) is 14.0. The van der Waals surface area contributed by atoms with E-state index >= 15 is 0 Å². The van der Waals surface area contributed by atoms with Crippen LogP contribution in [0.3, 0.4) is 0 Å². The highest BCUT2D eigenvalue weighted by Gasteiger charge is 2.26. The molecule has 8 heteroatoms. The van der Waals surface area contributed by atoms with Crippen molar-refractivity contribution in [2.75, 3.05) is 0 Å². The van der Waals surface area contributed by atoms with Gasteiger partial charge in [0.25, 0.3) is 5.91 Å². The van der Waals surface area contributed by atoms with E-state index in [1.165, 1.54) is 16.6 Å². The van der Waals surface area contributed by atoms with Gasteiger partial charge in [0.05, 0.1) is 22.1 Å². The van der Waals surface area contributed by atoms with Crippen LogP contribution in [0.1, 0.15) is 47.3 Å².